The fourth-order valence-corrected chi connectivity index (χ4v) is 3.01. The van der Waals surface area contributed by atoms with Gasteiger partial charge >= 0.3 is 5.97 Å². The van der Waals surface area contributed by atoms with Crippen molar-refractivity contribution in [3.63, 3.8) is 0 Å². The van der Waals surface area contributed by atoms with Crippen LogP contribution < -0.4 is 0 Å². The molecule has 1 fully saturated rings. The van der Waals surface area contributed by atoms with Crippen molar-refractivity contribution in [1.29, 1.82) is 0 Å². The first-order valence-corrected chi connectivity index (χ1v) is 7.57. The Hall–Kier alpha value is -1.78. The van der Waals surface area contributed by atoms with E-state index in [0.717, 1.165) is 32.1 Å². The van der Waals surface area contributed by atoms with Crippen molar-refractivity contribution in [1.82, 2.24) is 0 Å². The number of nitrogens with zero attached hydrogens (tertiary/aromatic N) is 1. The fourth-order valence-electron chi connectivity index (χ4n) is 3.01. The Balaban J connectivity index is 2.22. The van der Waals surface area contributed by atoms with Crippen LogP contribution in [0.3, 0.4) is 0 Å². The molecule has 21 heavy (non-hydrogen) atoms. The maximum absolute atomic E-state index is 12.3. The Labute approximate surface area is 125 Å². The largest absolute Gasteiger partial charge is 0.511 e. The van der Waals surface area contributed by atoms with Crippen LogP contribution in [-0.2, 0) is 14.4 Å². The number of hydrogen-bond acceptors (Lipinski definition) is 5. The molecule has 5 nitrogen and oxygen atoms in total. The summed E-state index contributed by atoms with van der Waals surface area (Å²) in [7, 11) is 0. The third kappa shape index (κ3) is 3.46. The Kier molecular flexibility index (Phi) is 5.04. The molecule has 1 spiro atoms. The topological polar surface area (TPSA) is 68.1 Å². The summed E-state index contributed by atoms with van der Waals surface area (Å²) < 4.78 is 5.67. The Morgan fingerprint density at radius 3 is 2.76 bits per heavy atom. The molecular weight excluding hydrogens is 270 g/mol. The van der Waals surface area contributed by atoms with E-state index in [1.54, 1.807) is 6.08 Å². The number of hydrogen-bond donors (Lipinski definition) is 1. The van der Waals surface area contributed by atoms with Gasteiger partial charge in [0.05, 0.1) is 5.71 Å². The van der Waals surface area contributed by atoms with Crippen LogP contribution in [0.2, 0.25) is 0 Å². The molecular formula is C16H23NO4. The molecule has 0 aromatic carbocycles. The maximum atomic E-state index is 12.3. The van der Waals surface area contributed by atoms with Crippen LogP contribution in [0.15, 0.2) is 29.1 Å². The summed E-state index contributed by atoms with van der Waals surface area (Å²) in [4.78, 5) is 17.4. The number of ether oxygens (including phenoxy) is 1. The quantitative estimate of drug-likeness (QED) is 0.277. The SMILES string of the molecule is C=CCO/N=C(/CC)C1=C(O)CC2(CCCCC2)OC1=O. The van der Waals surface area contributed by atoms with Crippen LogP contribution in [0.25, 0.3) is 0 Å². The van der Waals surface area contributed by atoms with E-state index >= 15 is 0 Å². The highest BCUT2D eigenvalue weighted by Gasteiger charge is 2.43. The van der Waals surface area contributed by atoms with Gasteiger partial charge in [0.25, 0.3) is 0 Å². The normalized spacial score (nSPS) is 22.1. The van der Waals surface area contributed by atoms with Crippen LogP contribution in [0, 0.1) is 0 Å². The highest BCUT2D eigenvalue weighted by atomic mass is 16.6. The molecule has 0 saturated heterocycles. The molecule has 0 aromatic rings. The highest BCUT2D eigenvalue weighted by molar-refractivity contribution is 6.20. The molecule has 2 aliphatic rings. The predicted octanol–water partition coefficient (Wildman–Crippen LogP) is 3.42. The van der Waals surface area contributed by atoms with Crippen molar-refractivity contribution in [2.75, 3.05) is 6.61 Å². The second-order valence-electron chi connectivity index (χ2n) is 5.61. The van der Waals surface area contributed by atoms with Crippen LogP contribution >= 0.6 is 0 Å². The van der Waals surface area contributed by atoms with E-state index in [9.17, 15) is 9.90 Å². The van der Waals surface area contributed by atoms with Crippen molar-refractivity contribution in [3.8, 4) is 0 Å². The molecule has 1 N–H and O–H groups in total. The molecule has 0 atom stereocenters. The van der Waals surface area contributed by atoms with Gasteiger partial charge in [-0.05, 0) is 32.1 Å². The van der Waals surface area contributed by atoms with Crippen molar-refractivity contribution in [3.05, 3.63) is 24.0 Å². The number of carbonyl (C=O) groups excluding carboxylic acids is 1. The average Bonchev–Trinajstić information content (AvgIpc) is 2.45. The molecule has 0 radical (unpaired) electrons. The van der Waals surface area contributed by atoms with E-state index in [0.29, 0.717) is 18.6 Å². The van der Waals surface area contributed by atoms with Crippen molar-refractivity contribution >= 4 is 11.7 Å². The molecule has 0 aromatic heterocycles. The number of aliphatic hydroxyl groups excluding tert-OH is 1. The predicted molar refractivity (Wildman–Crippen MR) is 80.1 cm³/mol. The summed E-state index contributed by atoms with van der Waals surface area (Å²) >= 11 is 0. The van der Waals surface area contributed by atoms with E-state index in [2.05, 4.69) is 11.7 Å². The molecule has 0 amide bonds. The molecule has 0 unspecified atom stereocenters. The van der Waals surface area contributed by atoms with Crippen LogP contribution in [-0.4, -0.2) is 29.0 Å². The van der Waals surface area contributed by atoms with Crippen LogP contribution in [0.1, 0.15) is 51.9 Å². The minimum atomic E-state index is -0.510. The molecule has 1 heterocycles. The minimum absolute atomic E-state index is 0.0796. The summed E-state index contributed by atoms with van der Waals surface area (Å²) in [6.45, 7) is 5.65. The lowest BCUT2D eigenvalue weighted by molar-refractivity contribution is -0.161. The summed E-state index contributed by atoms with van der Waals surface area (Å²) in [5.74, 6) is -0.403. The fraction of sp³-hybridized carbons (Fsp3) is 0.625. The standard InChI is InChI=1S/C16H23NO4/c1-3-10-20-17-12(4-2)14-13(18)11-16(21-15(14)19)8-6-5-7-9-16/h3,18H,1,4-11H2,2H3/b17-12-. The van der Waals surface area contributed by atoms with E-state index in [1.807, 2.05) is 6.92 Å². The van der Waals surface area contributed by atoms with E-state index < -0.39 is 11.6 Å². The smallest absolute Gasteiger partial charge is 0.344 e. The monoisotopic (exact) mass is 293 g/mol. The summed E-state index contributed by atoms with van der Waals surface area (Å²) in [5, 5.41) is 14.3. The lowest BCUT2D eigenvalue weighted by Crippen LogP contribution is -2.43. The molecule has 116 valence electrons. The first kappa shape index (κ1) is 15.6. The second kappa shape index (κ2) is 6.78. The van der Waals surface area contributed by atoms with Gasteiger partial charge in [-0.2, -0.15) is 0 Å². The van der Waals surface area contributed by atoms with Gasteiger partial charge in [-0.15, -0.1) is 0 Å². The summed E-state index contributed by atoms with van der Waals surface area (Å²) in [5.41, 5.74) is 0.0757. The molecule has 1 aliphatic carbocycles. The molecule has 2 rings (SSSR count). The van der Waals surface area contributed by atoms with Gasteiger partial charge in [0.2, 0.25) is 0 Å². The van der Waals surface area contributed by atoms with Gasteiger partial charge in [0, 0.05) is 6.42 Å². The Morgan fingerprint density at radius 1 is 1.48 bits per heavy atom. The lowest BCUT2D eigenvalue weighted by atomic mass is 9.79. The maximum Gasteiger partial charge on any atom is 0.344 e. The van der Waals surface area contributed by atoms with Gasteiger partial charge < -0.3 is 14.7 Å². The van der Waals surface area contributed by atoms with E-state index in [4.69, 9.17) is 9.57 Å². The zero-order chi connectivity index (χ0) is 15.3. The van der Waals surface area contributed by atoms with E-state index in [1.165, 1.54) is 0 Å². The summed E-state index contributed by atoms with van der Waals surface area (Å²) in [6.07, 6.45) is 7.31. The number of aliphatic hydroxyl groups is 1. The van der Waals surface area contributed by atoms with Gasteiger partial charge in [-0.3, -0.25) is 0 Å². The van der Waals surface area contributed by atoms with Crippen LogP contribution in [0.4, 0.5) is 0 Å². The molecule has 0 bridgehead atoms. The van der Waals surface area contributed by atoms with Crippen molar-refractivity contribution in [2.45, 2.75) is 57.5 Å². The number of esters is 1. The zero-order valence-electron chi connectivity index (χ0n) is 12.6. The number of oxime groups is 1. The first-order valence-electron chi connectivity index (χ1n) is 7.57. The van der Waals surface area contributed by atoms with Crippen LogP contribution in [0.5, 0.6) is 0 Å². The third-order valence-corrected chi connectivity index (χ3v) is 4.05. The third-order valence-electron chi connectivity index (χ3n) is 4.05. The number of carbonyl (C=O) groups is 1. The van der Waals surface area contributed by atoms with E-state index in [-0.39, 0.29) is 17.9 Å². The van der Waals surface area contributed by atoms with Crippen molar-refractivity contribution in [2.24, 2.45) is 5.16 Å². The second-order valence-corrected chi connectivity index (χ2v) is 5.61. The Bertz CT molecular complexity index is 473. The zero-order valence-corrected chi connectivity index (χ0v) is 12.6. The number of rotatable bonds is 5. The van der Waals surface area contributed by atoms with Crippen molar-refractivity contribution < 1.29 is 19.5 Å². The van der Waals surface area contributed by atoms with Gasteiger partial charge in [-0.1, -0.05) is 31.2 Å². The minimum Gasteiger partial charge on any atom is -0.511 e. The average molecular weight is 293 g/mol. The van der Waals surface area contributed by atoms with Gasteiger partial charge in [-0.25, -0.2) is 4.79 Å². The lowest BCUT2D eigenvalue weighted by Gasteiger charge is -2.39. The molecule has 1 aliphatic heterocycles. The first-order chi connectivity index (χ1) is 10.1. The summed E-state index contributed by atoms with van der Waals surface area (Å²) in [6, 6.07) is 0. The van der Waals surface area contributed by atoms with Gasteiger partial charge in [0.1, 0.15) is 23.5 Å². The Morgan fingerprint density at radius 2 is 2.19 bits per heavy atom. The molecule has 1 saturated carbocycles. The van der Waals surface area contributed by atoms with Gasteiger partial charge in [0.15, 0.2) is 0 Å². The molecule has 5 heteroatoms. The highest BCUT2D eigenvalue weighted by Crippen LogP contribution is 2.40.